The number of benzene rings is 1. The van der Waals surface area contributed by atoms with Gasteiger partial charge in [0.25, 0.3) is 0 Å². The van der Waals surface area contributed by atoms with Crippen LogP contribution in [0.15, 0.2) is 42.7 Å². The molecule has 1 aliphatic heterocycles. The molecule has 0 spiro atoms. The molecule has 5 rings (SSSR count). The predicted molar refractivity (Wildman–Crippen MR) is 131 cm³/mol. The second-order valence-corrected chi connectivity index (χ2v) is 8.61. The van der Waals surface area contributed by atoms with Gasteiger partial charge in [-0.05, 0) is 36.8 Å². The number of fused-ring (bicyclic) bond motifs is 1. The number of carbonyl (C=O) groups is 1. The minimum absolute atomic E-state index is 0.200. The number of ether oxygens (including phenoxy) is 1. The van der Waals surface area contributed by atoms with Crippen LogP contribution in [0.2, 0.25) is 0 Å². The van der Waals surface area contributed by atoms with Gasteiger partial charge in [0.05, 0.1) is 18.8 Å². The number of anilines is 3. The number of nitrogens with one attached hydrogen (secondary N) is 2. The fraction of sp³-hybridized carbons (Fsp3) is 0.346. The second kappa shape index (κ2) is 9.84. The molecule has 2 aromatic heterocycles. The molecule has 180 valence electrons. The lowest BCUT2D eigenvalue weighted by Gasteiger charge is -2.28. The summed E-state index contributed by atoms with van der Waals surface area (Å²) >= 11 is 0. The molecule has 1 saturated carbocycles. The number of hydrogen-bond donors (Lipinski definition) is 2. The lowest BCUT2D eigenvalue weighted by Crippen LogP contribution is -2.36. The molecule has 0 unspecified atom stereocenters. The highest BCUT2D eigenvalue weighted by molar-refractivity contribution is 5.99. The summed E-state index contributed by atoms with van der Waals surface area (Å²) in [6.45, 7) is 3.21. The lowest BCUT2D eigenvalue weighted by molar-refractivity contribution is -0.118. The van der Waals surface area contributed by atoms with E-state index < -0.39 is 24.2 Å². The van der Waals surface area contributed by atoms with Crippen molar-refractivity contribution < 1.29 is 18.3 Å². The van der Waals surface area contributed by atoms with Crippen molar-refractivity contribution in [3.8, 4) is 11.8 Å². The van der Waals surface area contributed by atoms with Gasteiger partial charge in [0.2, 0.25) is 12.3 Å². The van der Waals surface area contributed by atoms with Crippen molar-refractivity contribution in [2.45, 2.75) is 12.8 Å². The first-order valence-corrected chi connectivity index (χ1v) is 11.5. The Morgan fingerprint density at radius 2 is 1.89 bits per heavy atom. The van der Waals surface area contributed by atoms with Crippen LogP contribution in [-0.4, -0.2) is 55.7 Å². The van der Waals surface area contributed by atoms with E-state index in [0.29, 0.717) is 17.2 Å². The highest BCUT2D eigenvalue weighted by Gasteiger charge is 2.48. The number of nitrogens with zero attached hydrogens (tertiary/aromatic N) is 3. The first kappa shape index (κ1) is 23.0. The summed E-state index contributed by atoms with van der Waals surface area (Å²) in [6, 6.07) is 9.78. The van der Waals surface area contributed by atoms with E-state index in [2.05, 4.69) is 49.5 Å². The summed E-state index contributed by atoms with van der Waals surface area (Å²) in [7, 11) is 1.76. The van der Waals surface area contributed by atoms with Crippen LogP contribution in [0, 0.1) is 23.7 Å². The fourth-order valence-corrected chi connectivity index (χ4v) is 4.23. The van der Waals surface area contributed by atoms with Crippen molar-refractivity contribution in [2.75, 3.05) is 48.9 Å². The van der Waals surface area contributed by atoms with Crippen molar-refractivity contribution in [3.05, 3.63) is 53.9 Å². The van der Waals surface area contributed by atoms with Crippen LogP contribution in [0.3, 0.4) is 0 Å². The van der Waals surface area contributed by atoms with Crippen molar-refractivity contribution >= 4 is 34.0 Å². The smallest absolute Gasteiger partial charge is 0.242 e. The monoisotopic (exact) mass is 477 g/mol. The Bertz CT molecular complexity index is 1300. The summed E-state index contributed by atoms with van der Waals surface area (Å²) < 4.78 is 31.1. The van der Waals surface area contributed by atoms with Crippen LogP contribution in [0.25, 0.3) is 10.8 Å². The van der Waals surface area contributed by atoms with E-state index in [1.54, 1.807) is 25.5 Å². The maximum atomic E-state index is 12.8. The van der Waals surface area contributed by atoms with Crippen molar-refractivity contribution in [3.63, 3.8) is 0 Å². The number of hydrogen-bond acceptors (Lipinski definition) is 6. The van der Waals surface area contributed by atoms with Crippen LogP contribution in [0.1, 0.15) is 17.5 Å². The van der Waals surface area contributed by atoms with Crippen molar-refractivity contribution in [1.82, 2.24) is 9.97 Å². The van der Waals surface area contributed by atoms with Gasteiger partial charge >= 0.3 is 0 Å². The minimum Gasteiger partial charge on any atom is -0.378 e. The number of pyridine rings is 2. The Hall–Kier alpha value is -3.77. The van der Waals surface area contributed by atoms with E-state index in [-0.39, 0.29) is 6.42 Å². The molecule has 3 aromatic rings. The van der Waals surface area contributed by atoms with E-state index in [1.807, 2.05) is 12.1 Å². The van der Waals surface area contributed by atoms with Gasteiger partial charge in [0, 0.05) is 66.4 Å². The molecule has 1 aromatic carbocycles. The normalized spacial score (nSPS) is 19.3. The van der Waals surface area contributed by atoms with Gasteiger partial charge in [-0.15, -0.1) is 0 Å². The molecule has 9 heteroatoms. The first-order valence-electron chi connectivity index (χ1n) is 11.5. The van der Waals surface area contributed by atoms with E-state index >= 15 is 0 Å². The quantitative estimate of drug-likeness (QED) is 0.545. The highest BCUT2D eigenvalue weighted by atomic mass is 19.3. The van der Waals surface area contributed by atoms with Crippen LogP contribution in [0.5, 0.6) is 0 Å². The van der Waals surface area contributed by atoms with Crippen LogP contribution >= 0.6 is 0 Å². The van der Waals surface area contributed by atoms with Gasteiger partial charge in [0.1, 0.15) is 11.6 Å². The largest absolute Gasteiger partial charge is 0.378 e. The third-order valence-corrected chi connectivity index (χ3v) is 6.35. The summed E-state index contributed by atoms with van der Waals surface area (Å²) in [5, 5.41) is 7.21. The van der Waals surface area contributed by atoms with Crippen LogP contribution < -0.4 is 15.5 Å². The van der Waals surface area contributed by atoms with Gasteiger partial charge in [-0.3, -0.25) is 4.79 Å². The van der Waals surface area contributed by atoms with Crippen LogP contribution in [0.4, 0.5) is 26.1 Å². The molecule has 0 radical (unpaired) electrons. The number of alkyl halides is 2. The average molecular weight is 478 g/mol. The number of carbonyl (C=O) groups excluding carboxylic acids is 1. The first-order chi connectivity index (χ1) is 17.0. The maximum absolute atomic E-state index is 12.8. The molecule has 7 nitrogen and oxygen atoms in total. The zero-order chi connectivity index (χ0) is 24.4. The zero-order valence-electron chi connectivity index (χ0n) is 19.2. The molecule has 2 fully saturated rings. The molecular formula is C26H25F2N5O2. The molecule has 2 atom stereocenters. The van der Waals surface area contributed by atoms with Gasteiger partial charge in [0.15, 0.2) is 0 Å². The standard InChI is InChI=1S/C26H25F2N5O2/c1-29-25-22-15-30-23(32-26(34)21-12-20(21)24(27)28)13-19(22)17(14-31-25)5-2-16-3-6-18(7-4-16)33-8-10-35-11-9-33/h3-4,6-7,13-15,20-21,24H,8-12H2,1H3,(H,29,31)(H,30,32,34)/t20-,21+/m0/s1. The number of aromatic nitrogens is 2. The minimum atomic E-state index is -2.48. The van der Waals surface area contributed by atoms with Crippen molar-refractivity contribution in [2.24, 2.45) is 11.8 Å². The fourth-order valence-electron chi connectivity index (χ4n) is 4.23. The number of halogens is 2. The third kappa shape index (κ3) is 5.03. The summed E-state index contributed by atoms with van der Waals surface area (Å²) in [5.41, 5.74) is 2.67. The number of amides is 1. The average Bonchev–Trinajstić information content (AvgIpc) is 3.70. The van der Waals surface area contributed by atoms with Gasteiger partial charge in [-0.2, -0.15) is 0 Å². The molecule has 35 heavy (non-hydrogen) atoms. The Morgan fingerprint density at radius 1 is 1.11 bits per heavy atom. The van der Waals surface area contributed by atoms with Crippen LogP contribution in [-0.2, 0) is 9.53 Å². The number of morpholine rings is 1. The van der Waals surface area contributed by atoms with Gasteiger partial charge in [-0.1, -0.05) is 11.8 Å². The Morgan fingerprint density at radius 3 is 2.57 bits per heavy atom. The molecule has 3 heterocycles. The molecule has 0 bridgehead atoms. The molecule has 1 aliphatic carbocycles. The highest BCUT2D eigenvalue weighted by Crippen LogP contribution is 2.43. The summed E-state index contributed by atoms with van der Waals surface area (Å²) in [4.78, 5) is 23.3. The molecule has 2 aliphatic rings. The van der Waals surface area contributed by atoms with E-state index in [9.17, 15) is 13.6 Å². The Balaban J connectivity index is 1.39. The van der Waals surface area contributed by atoms with Crippen molar-refractivity contribution in [1.29, 1.82) is 0 Å². The Kier molecular flexibility index (Phi) is 6.47. The predicted octanol–water partition coefficient (Wildman–Crippen LogP) is 3.75. The number of rotatable bonds is 5. The second-order valence-electron chi connectivity index (χ2n) is 8.61. The van der Waals surface area contributed by atoms with Gasteiger partial charge in [-0.25, -0.2) is 18.7 Å². The molecular weight excluding hydrogens is 452 g/mol. The lowest BCUT2D eigenvalue weighted by atomic mass is 10.1. The third-order valence-electron chi connectivity index (χ3n) is 6.35. The molecule has 2 N–H and O–H groups in total. The summed E-state index contributed by atoms with van der Waals surface area (Å²) in [5.74, 6) is 5.32. The van der Waals surface area contributed by atoms with E-state index in [4.69, 9.17) is 4.74 Å². The van der Waals surface area contributed by atoms with E-state index in [0.717, 1.165) is 48.3 Å². The SMILES string of the molecule is CNc1ncc(C#Cc2ccc(N3CCOCC3)cc2)c2cc(NC(=O)[C@@H]3C[C@@H]3C(F)F)ncc12. The van der Waals surface area contributed by atoms with E-state index in [1.165, 1.54) is 0 Å². The topological polar surface area (TPSA) is 79.4 Å². The molecule has 1 saturated heterocycles. The Labute approximate surface area is 201 Å². The molecule has 1 amide bonds. The van der Waals surface area contributed by atoms with Gasteiger partial charge < -0.3 is 20.3 Å². The zero-order valence-corrected chi connectivity index (χ0v) is 19.2. The maximum Gasteiger partial charge on any atom is 0.242 e. The summed E-state index contributed by atoms with van der Waals surface area (Å²) in [6.07, 6.45) is 0.988.